The molecule has 1 unspecified atom stereocenters. The average Bonchev–Trinajstić information content (AvgIpc) is 2.27. The number of hydrogen-bond acceptors (Lipinski definition) is 3. The summed E-state index contributed by atoms with van der Waals surface area (Å²) in [6.45, 7) is 6.42. The van der Waals surface area contributed by atoms with E-state index in [1.807, 2.05) is 0 Å². The van der Waals surface area contributed by atoms with Gasteiger partial charge in [0, 0.05) is 6.54 Å². The summed E-state index contributed by atoms with van der Waals surface area (Å²) in [5.74, 6) is 0.0587. The van der Waals surface area contributed by atoms with E-state index in [0.29, 0.717) is 6.42 Å². The first kappa shape index (κ1) is 15.5. The summed E-state index contributed by atoms with van der Waals surface area (Å²) >= 11 is 0. The van der Waals surface area contributed by atoms with Crippen molar-refractivity contribution < 1.29 is 15.0 Å². The van der Waals surface area contributed by atoms with Crippen LogP contribution in [0.3, 0.4) is 0 Å². The Morgan fingerprint density at radius 1 is 1.26 bits per heavy atom. The maximum Gasteiger partial charge on any atom is 0.224 e. The molecule has 0 aliphatic heterocycles. The van der Waals surface area contributed by atoms with E-state index < -0.39 is 6.10 Å². The highest BCUT2D eigenvalue weighted by molar-refractivity contribution is 5.78. The summed E-state index contributed by atoms with van der Waals surface area (Å²) in [6, 6.07) is 6.52. The molecule has 0 radical (unpaired) electrons. The number of carbonyl (C=O) groups is 1. The fraction of sp³-hybridized carbons (Fsp3) is 0.533. The molecule has 0 saturated heterocycles. The predicted octanol–water partition coefficient (Wildman–Crippen LogP) is 1.85. The largest absolute Gasteiger partial charge is 0.508 e. The van der Waals surface area contributed by atoms with Crippen LogP contribution in [-0.2, 0) is 11.2 Å². The van der Waals surface area contributed by atoms with Crippen LogP contribution in [0.2, 0.25) is 0 Å². The summed E-state index contributed by atoms with van der Waals surface area (Å²) in [5.41, 5.74) is 0.877. The standard InChI is InChI=1S/C15H23NO3/c1-15(2,3)9-13(18)10-16-14(19)8-11-4-6-12(17)7-5-11/h4-7,13,17-18H,8-10H2,1-3H3,(H,16,19). The number of rotatable bonds is 5. The van der Waals surface area contributed by atoms with Gasteiger partial charge in [-0.25, -0.2) is 0 Å². The maximum absolute atomic E-state index is 11.7. The Balaban J connectivity index is 2.34. The van der Waals surface area contributed by atoms with E-state index in [2.05, 4.69) is 26.1 Å². The molecule has 0 spiro atoms. The molecule has 1 aromatic rings. The molecule has 0 aliphatic rings. The molecule has 0 bridgehead atoms. The second-order valence-corrected chi connectivity index (χ2v) is 6.07. The summed E-state index contributed by atoms with van der Waals surface area (Å²) in [6.07, 6.45) is 0.374. The van der Waals surface area contributed by atoms with Gasteiger partial charge in [0.15, 0.2) is 0 Å². The van der Waals surface area contributed by atoms with E-state index >= 15 is 0 Å². The molecule has 1 aromatic carbocycles. The molecular formula is C15H23NO3. The van der Waals surface area contributed by atoms with Gasteiger partial charge in [-0.05, 0) is 29.5 Å². The van der Waals surface area contributed by atoms with Crippen molar-refractivity contribution >= 4 is 5.91 Å². The molecule has 0 saturated carbocycles. The van der Waals surface area contributed by atoms with Crippen LogP contribution in [0, 0.1) is 5.41 Å². The molecule has 4 heteroatoms. The first-order valence-electron chi connectivity index (χ1n) is 6.49. The Kier molecular flexibility index (Phi) is 5.36. The van der Waals surface area contributed by atoms with Crippen molar-refractivity contribution in [1.29, 1.82) is 0 Å². The van der Waals surface area contributed by atoms with Crippen molar-refractivity contribution in [3.05, 3.63) is 29.8 Å². The van der Waals surface area contributed by atoms with Gasteiger partial charge < -0.3 is 15.5 Å². The maximum atomic E-state index is 11.7. The number of aromatic hydroxyl groups is 1. The lowest BCUT2D eigenvalue weighted by molar-refractivity contribution is -0.121. The van der Waals surface area contributed by atoms with Gasteiger partial charge >= 0.3 is 0 Å². The van der Waals surface area contributed by atoms with Crippen LogP contribution in [-0.4, -0.2) is 28.8 Å². The molecule has 106 valence electrons. The lowest BCUT2D eigenvalue weighted by Gasteiger charge is -2.22. The van der Waals surface area contributed by atoms with Gasteiger partial charge in [-0.2, -0.15) is 0 Å². The van der Waals surface area contributed by atoms with E-state index in [-0.39, 0.29) is 30.0 Å². The number of phenolic OH excluding ortho intramolecular Hbond substituents is 1. The van der Waals surface area contributed by atoms with Crippen LogP contribution < -0.4 is 5.32 Å². The van der Waals surface area contributed by atoms with Crippen LogP contribution in [0.4, 0.5) is 0 Å². The number of phenols is 1. The van der Waals surface area contributed by atoms with E-state index in [9.17, 15) is 9.90 Å². The molecule has 1 atom stereocenters. The Hall–Kier alpha value is -1.55. The molecule has 0 fully saturated rings. The van der Waals surface area contributed by atoms with Crippen molar-refractivity contribution in [2.45, 2.75) is 39.7 Å². The van der Waals surface area contributed by atoms with Crippen LogP contribution in [0.25, 0.3) is 0 Å². The minimum atomic E-state index is -0.524. The number of aliphatic hydroxyl groups is 1. The highest BCUT2D eigenvalue weighted by atomic mass is 16.3. The van der Waals surface area contributed by atoms with Crippen LogP contribution in [0.5, 0.6) is 5.75 Å². The second kappa shape index (κ2) is 6.57. The lowest BCUT2D eigenvalue weighted by Crippen LogP contribution is -2.35. The van der Waals surface area contributed by atoms with Gasteiger partial charge in [0.2, 0.25) is 5.91 Å². The normalized spacial score (nSPS) is 13.1. The van der Waals surface area contributed by atoms with Crippen molar-refractivity contribution in [2.24, 2.45) is 5.41 Å². The number of nitrogens with one attached hydrogen (secondary N) is 1. The van der Waals surface area contributed by atoms with E-state index in [0.717, 1.165) is 5.56 Å². The van der Waals surface area contributed by atoms with Crippen LogP contribution >= 0.6 is 0 Å². The van der Waals surface area contributed by atoms with Gasteiger partial charge in [-0.3, -0.25) is 4.79 Å². The third kappa shape index (κ3) is 6.82. The molecule has 1 rings (SSSR count). The van der Waals surface area contributed by atoms with Gasteiger partial charge in [0.1, 0.15) is 5.75 Å². The molecule has 3 N–H and O–H groups in total. The van der Waals surface area contributed by atoms with E-state index in [1.165, 1.54) is 0 Å². The topological polar surface area (TPSA) is 69.6 Å². The number of hydrogen-bond donors (Lipinski definition) is 3. The zero-order chi connectivity index (χ0) is 14.5. The Bertz CT molecular complexity index is 406. The molecule has 1 amide bonds. The highest BCUT2D eigenvalue weighted by Crippen LogP contribution is 2.20. The van der Waals surface area contributed by atoms with Crippen molar-refractivity contribution in [1.82, 2.24) is 5.32 Å². The zero-order valence-corrected chi connectivity index (χ0v) is 11.8. The minimum Gasteiger partial charge on any atom is -0.508 e. The fourth-order valence-electron chi connectivity index (χ4n) is 1.87. The van der Waals surface area contributed by atoms with E-state index in [4.69, 9.17) is 5.11 Å². The third-order valence-electron chi connectivity index (χ3n) is 2.68. The zero-order valence-electron chi connectivity index (χ0n) is 11.8. The number of carbonyl (C=O) groups excluding carboxylic acids is 1. The summed E-state index contributed by atoms with van der Waals surface area (Å²) in [5, 5.41) is 21.6. The minimum absolute atomic E-state index is 0.0428. The molecular weight excluding hydrogens is 242 g/mol. The molecule has 4 nitrogen and oxygen atoms in total. The van der Waals surface area contributed by atoms with Gasteiger partial charge in [0.25, 0.3) is 0 Å². The van der Waals surface area contributed by atoms with Crippen LogP contribution in [0.1, 0.15) is 32.8 Å². The Morgan fingerprint density at radius 2 is 1.84 bits per heavy atom. The highest BCUT2D eigenvalue weighted by Gasteiger charge is 2.17. The fourth-order valence-corrected chi connectivity index (χ4v) is 1.87. The van der Waals surface area contributed by atoms with Crippen molar-refractivity contribution in [3.63, 3.8) is 0 Å². The van der Waals surface area contributed by atoms with Gasteiger partial charge in [-0.15, -0.1) is 0 Å². The molecule has 19 heavy (non-hydrogen) atoms. The number of aliphatic hydroxyl groups excluding tert-OH is 1. The lowest BCUT2D eigenvalue weighted by atomic mass is 9.89. The summed E-state index contributed by atoms with van der Waals surface area (Å²) in [7, 11) is 0. The van der Waals surface area contributed by atoms with Crippen molar-refractivity contribution in [3.8, 4) is 5.75 Å². The van der Waals surface area contributed by atoms with Crippen LogP contribution in [0.15, 0.2) is 24.3 Å². The summed E-state index contributed by atoms with van der Waals surface area (Å²) < 4.78 is 0. The molecule has 0 heterocycles. The first-order valence-corrected chi connectivity index (χ1v) is 6.49. The number of benzene rings is 1. The SMILES string of the molecule is CC(C)(C)CC(O)CNC(=O)Cc1ccc(O)cc1. The monoisotopic (exact) mass is 265 g/mol. The predicted molar refractivity (Wildman–Crippen MR) is 74.9 cm³/mol. The Labute approximate surface area is 114 Å². The van der Waals surface area contributed by atoms with Gasteiger partial charge in [0.05, 0.1) is 12.5 Å². The number of amides is 1. The quantitative estimate of drug-likeness (QED) is 0.761. The first-order chi connectivity index (χ1) is 8.76. The van der Waals surface area contributed by atoms with E-state index in [1.54, 1.807) is 24.3 Å². The third-order valence-corrected chi connectivity index (χ3v) is 2.68. The second-order valence-electron chi connectivity index (χ2n) is 6.07. The van der Waals surface area contributed by atoms with Gasteiger partial charge in [-0.1, -0.05) is 32.9 Å². The van der Waals surface area contributed by atoms with Crippen molar-refractivity contribution in [2.75, 3.05) is 6.54 Å². The molecule has 0 aliphatic carbocycles. The average molecular weight is 265 g/mol. The molecule has 0 aromatic heterocycles. The smallest absolute Gasteiger partial charge is 0.224 e. The Morgan fingerprint density at radius 3 is 2.37 bits per heavy atom. The summed E-state index contributed by atoms with van der Waals surface area (Å²) in [4.78, 5) is 11.7.